The summed E-state index contributed by atoms with van der Waals surface area (Å²) in [6.45, 7) is 2.04. The SMILES string of the molecule is CCC(N)/C=C\C=C/N. The number of hydrogen-bond donors (Lipinski definition) is 2. The number of nitrogens with two attached hydrogens (primary N) is 2. The molecule has 0 aliphatic rings. The van der Waals surface area contributed by atoms with Crippen LogP contribution in [0.25, 0.3) is 0 Å². The minimum absolute atomic E-state index is 0.168. The second-order valence-electron chi connectivity index (χ2n) is 1.84. The average molecular weight is 126 g/mol. The van der Waals surface area contributed by atoms with Crippen molar-refractivity contribution >= 4 is 0 Å². The maximum absolute atomic E-state index is 5.55. The van der Waals surface area contributed by atoms with Crippen LogP contribution in [-0.2, 0) is 0 Å². The zero-order chi connectivity index (χ0) is 7.11. The number of allylic oxidation sites excluding steroid dienone is 2. The molecule has 0 aliphatic heterocycles. The standard InChI is InChI=1S/C7H14N2/c1-2-7(9)5-3-4-6-8/h3-7H,2,8-9H2,1H3/b5-3-,6-4-. The Morgan fingerprint density at radius 2 is 2.11 bits per heavy atom. The van der Waals surface area contributed by atoms with Crippen molar-refractivity contribution in [2.24, 2.45) is 11.5 Å². The van der Waals surface area contributed by atoms with Gasteiger partial charge in [-0.3, -0.25) is 0 Å². The molecule has 0 aromatic carbocycles. The summed E-state index contributed by atoms with van der Waals surface area (Å²) in [5, 5.41) is 0. The summed E-state index contributed by atoms with van der Waals surface area (Å²) in [6.07, 6.45) is 7.99. The van der Waals surface area contributed by atoms with Crippen molar-refractivity contribution in [2.75, 3.05) is 0 Å². The van der Waals surface area contributed by atoms with Gasteiger partial charge in [0.15, 0.2) is 0 Å². The molecule has 0 rings (SSSR count). The van der Waals surface area contributed by atoms with Crippen LogP contribution in [-0.4, -0.2) is 6.04 Å². The second kappa shape index (κ2) is 5.38. The third-order valence-electron chi connectivity index (χ3n) is 1.05. The fourth-order valence-electron chi connectivity index (χ4n) is 0.407. The molecule has 0 radical (unpaired) electrons. The first kappa shape index (κ1) is 8.24. The lowest BCUT2D eigenvalue weighted by Gasteiger charge is -1.97. The highest BCUT2D eigenvalue weighted by atomic mass is 14.6. The van der Waals surface area contributed by atoms with Crippen molar-refractivity contribution < 1.29 is 0 Å². The monoisotopic (exact) mass is 126 g/mol. The normalized spacial score (nSPS) is 15.3. The average Bonchev–Trinajstić information content (AvgIpc) is 1.89. The van der Waals surface area contributed by atoms with E-state index in [0.717, 1.165) is 6.42 Å². The summed E-state index contributed by atoms with van der Waals surface area (Å²) in [6, 6.07) is 0.168. The molecule has 2 nitrogen and oxygen atoms in total. The van der Waals surface area contributed by atoms with Gasteiger partial charge in [-0.15, -0.1) is 0 Å². The van der Waals surface area contributed by atoms with Crippen molar-refractivity contribution in [3.63, 3.8) is 0 Å². The van der Waals surface area contributed by atoms with Gasteiger partial charge >= 0.3 is 0 Å². The minimum atomic E-state index is 0.168. The highest BCUT2D eigenvalue weighted by molar-refractivity contribution is 5.03. The molecular formula is C7H14N2. The molecular weight excluding hydrogens is 112 g/mol. The maximum Gasteiger partial charge on any atom is 0.0224 e. The van der Waals surface area contributed by atoms with E-state index >= 15 is 0 Å². The molecule has 0 aromatic rings. The maximum atomic E-state index is 5.55. The Bertz CT molecular complexity index is 105. The molecule has 0 aliphatic carbocycles. The molecule has 0 fully saturated rings. The third kappa shape index (κ3) is 5.11. The smallest absolute Gasteiger partial charge is 0.0224 e. The Hall–Kier alpha value is -0.760. The Morgan fingerprint density at radius 1 is 1.44 bits per heavy atom. The molecule has 0 amide bonds. The van der Waals surface area contributed by atoms with Crippen molar-refractivity contribution in [1.82, 2.24) is 0 Å². The van der Waals surface area contributed by atoms with Crippen LogP contribution in [0.5, 0.6) is 0 Å². The highest BCUT2D eigenvalue weighted by Gasteiger charge is 1.86. The molecule has 0 saturated carbocycles. The van der Waals surface area contributed by atoms with Crippen LogP contribution < -0.4 is 11.5 Å². The third-order valence-corrected chi connectivity index (χ3v) is 1.05. The van der Waals surface area contributed by atoms with Gasteiger partial charge in [0.1, 0.15) is 0 Å². The summed E-state index contributed by atoms with van der Waals surface area (Å²) in [4.78, 5) is 0. The summed E-state index contributed by atoms with van der Waals surface area (Å²) in [7, 11) is 0. The fraction of sp³-hybridized carbons (Fsp3) is 0.429. The molecule has 1 unspecified atom stereocenters. The first-order valence-corrected chi connectivity index (χ1v) is 3.12. The molecule has 0 heterocycles. The van der Waals surface area contributed by atoms with E-state index in [2.05, 4.69) is 0 Å². The largest absolute Gasteiger partial charge is 0.405 e. The lowest BCUT2D eigenvalue weighted by atomic mass is 10.2. The van der Waals surface area contributed by atoms with Crippen LogP contribution in [0.3, 0.4) is 0 Å². The predicted octanol–water partition coefficient (Wildman–Crippen LogP) is 0.752. The predicted molar refractivity (Wildman–Crippen MR) is 40.7 cm³/mol. The lowest BCUT2D eigenvalue weighted by Crippen LogP contribution is -2.14. The van der Waals surface area contributed by atoms with E-state index < -0.39 is 0 Å². The van der Waals surface area contributed by atoms with E-state index in [1.165, 1.54) is 6.20 Å². The Morgan fingerprint density at radius 3 is 2.56 bits per heavy atom. The van der Waals surface area contributed by atoms with Gasteiger partial charge in [0.05, 0.1) is 0 Å². The van der Waals surface area contributed by atoms with Crippen LogP contribution >= 0.6 is 0 Å². The molecule has 0 saturated heterocycles. The summed E-state index contributed by atoms with van der Waals surface area (Å²) in [5.74, 6) is 0. The Balaban J connectivity index is 3.43. The van der Waals surface area contributed by atoms with E-state index in [9.17, 15) is 0 Å². The van der Waals surface area contributed by atoms with Crippen molar-refractivity contribution in [1.29, 1.82) is 0 Å². The second-order valence-corrected chi connectivity index (χ2v) is 1.84. The molecule has 0 bridgehead atoms. The molecule has 9 heavy (non-hydrogen) atoms. The molecule has 0 spiro atoms. The van der Waals surface area contributed by atoms with E-state index in [1.807, 2.05) is 19.1 Å². The van der Waals surface area contributed by atoms with Crippen LogP contribution in [0, 0.1) is 0 Å². The van der Waals surface area contributed by atoms with Gasteiger partial charge in [0.2, 0.25) is 0 Å². The van der Waals surface area contributed by atoms with E-state index in [-0.39, 0.29) is 6.04 Å². The van der Waals surface area contributed by atoms with Gasteiger partial charge < -0.3 is 11.5 Å². The van der Waals surface area contributed by atoms with Crippen LogP contribution in [0.15, 0.2) is 24.4 Å². The molecule has 2 heteroatoms. The fourth-order valence-corrected chi connectivity index (χ4v) is 0.407. The summed E-state index contributed by atoms with van der Waals surface area (Å²) in [5.41, 5.74) is 10.6. The van der Waals surface area contributed by atoms with Crippen LogP contribution in [0.1, 0.15) is 13.3 Å². The van der Waals surface area contributed by atoms with Gasteiger partial charge in [-0.05, 0) is 18.7 Å². The van der Waals surface area contributed by atoms with Gasteiger partial charge in [-0.1, -0.05) is 19.1 Å². The quantitative estimate of drug-likeness (QED) is 0.548. The van der Waals surface area contributed by atoms with Gasteiger partial charge in [0.25, 0.3) is 0 Å². The Kier molecular flexibility index (Phi) is 4.92. The molecule has 4 N–H and O–H groups in total. The van der Waals surface area contributed by atoms with E-state index in [1.54, 1.807) is 6.08 Å². The van der Waals surface area contributed by atoms with E-state index in [4.69, 9.17) is 11.5 Å². The lowest BCUT2D eigenvalue weighted by molar-refractivity contribution is 0.782. The number of hydrogen-bond acceptors (Lipinski definition) is 2. The van der Waals surface area contributed by atoms with Crippen molar-refractivity contribution in [2.45, 2.75) is 19.4 Å². The first-order valence-electron chi connectivity index (χ1n) is 3.12. The molecule has 1 atom stereocenters. The van der Waals surface area contributed by atoms with Gasteiger partial charge in [0, 0.05) is 6.04 Å². The summed E-state index contributed by atoms with van der Waals surface area (Å²) >= 11 is 0. The molecule has 0 aromatic heterocycles. The first-order chi connectivity index (χ1) is 4.31. The van der Waals surface area contributed by atoms with Crippen molar-refractivity contribution in [3.8, 4) is 0 Å². The highest BCUT2D eigenvalue weighted by Crippen LogP contribution is 1.87. The summed E-state index contributed by atoms with van der Waals surface area (Å²) < 4.78 is 0. The van der Waals surface area contributed by atoms with Crippen LogP contribution in [0.2, 0.25) is 0 Å². The zero-order valence-corrected chi connectivity index (χ0v) is 5.75. The minimum Gasteiger partial charge on any atom is -0.405 e. The van der Waals surface area contributed by atoms with Crippen LogP contribution in [0.4, 0.5) is 0 Å². The Labute approximate surface area is 56.2 Å². The topological polar surface area (TPSA) is 52.0 Å². The zero-order valence-electron chi connectivity index (χ0n) is 5.75. The van der Waals surface area contributed by atoms with E-state index in [0.29, 0.717) is 0 Å². The van der Waals surface area contributed by atoms with Gasteiger partial charge in [-0.25, -0.2) is 0 Å². The number of rotatable bonds is 3. The van der Waals surface area contributed by atoms with Crippen molar-refractivity contribution in [3.05, 3.63) is 24.4 Å². The molecule has 52 valence electrons. The van der Waals surface area contributed by atoms with Gasteiger partial charge in [-0.2, -0.15) is 0 Å².